The van der Waals surface area contributed by atoms with Crippen molar-refractivity contribution in [1.29, 1.82) is 0 Å². The van der Waals surface area contributed by atoms with E-state index in [2.05, 4.69) is 17.4 Å². The molecule has 0 amide bonds. The zero-order chi connectivity index (χ0) is 11.9. The molecule has 0 radical (unpaired) electrons. The lowest BCUT2D eigenvalue weighted by Gasteiger charge is -2.25. The fourth-order valence-electron chi connectivity index (χ4n) is 1.89. The lowest BCUT2D eigenvalue weighted by atomic mass is 10.00. The molecule has 0 unspecified atom stereocenters. The summed E-state index contributed by atoms with van der Waals surface area (Å²) in [5.41, 5.74) is 1.30. The first-order valence-electron chi connectivity index (χ1n) is 6.25. The molecule has 1 heterocycles. The van der Waals surface area contributed by atoms with Crippen LogP contribution in [0.25, 0.3) is 0 Å². The molecular weight excluding hydrogens is 214 g/mol. The van der Waals surface area contributed by atoms with Crippen molar-refractivity contribution in [3.8, 4) is 0 Å². The number of carbonyl (C=O) groups is 1. The van der Waals surface area contributed by atoms with E-state index < -0.39 is 0 Å². The molecule has 3 heteroatoms. The molecule has 0 atom stereocenters. The topological polar surface area (TPSA) is 38.3 Å². The standard InChI is InChI=1S/C14H19NO2/c16-14(9-13-10-15-11-13)17-8-4-7-12-5-2-1-3-6-12/h1-3,5-6,13,15H,4,7-11H2. The Morgan fingerprint density at radius 2 is 2.06 bits per heavy atom. The van der Waals surface area contributed by atoms with Crippen molar-refractivity contribution in [2.45, 2.75) is 19.3 Å². The SMILES string of the molecule is O=C(CC1CNC1)OCCCc1ccccc1. The number of carbonyl (C=O) groups excluding carboxylic acids is 1. The van der Waals surface area contributed by atoms with E-state index in [1.165, 1.54) is 5.56 Å². The predicted molar refractivity (Wildman–Crippen MR) is 66.7 cm³/mol. The van der Waals surface area contributed by atoms with Crippen LogP contribution in [-0.4, -0.2) is 25.7 Å². The summed E-state index contributed by atoms with van der Waals surface area (Å²) in [6.45, 7) is 2.45. The highest BCUT2D eigenvalue weighted by Gasteiger charge is 2.20. The highest BCUT2D eigenvalue weighted by Crippen LogP contribution is 2.09. The smallest absolute Gasteiger partial charge is 0.306 e. The molecule has 0 spiro atoms. The van der Waals surface area contributed by atoms with E-state index in [0.717, 1.165) is 25.9 Å². The maximum atomic E-state index is 11.4. The van der Waals surface area contributed by atoms with Crippen LogP contribution in [0.2, 0.25) is 0 Å². The number of benzene rings is 1. The summed E-state index contributed by atoms with van der Waals surface area (Å²) >= 11 is 0. The lowest BCUT2D eigenvalue weighted by Crippen LogP contribution is -2.43. The van der Waals surface area contributed by atoms with Gasteiger partial charge in [-0.2, -0.15) is 0 Å². The van der Waals surface area contributed by atoms with Gasteiger partial charge >= 0.3 is 5.97 Å². The fourth-order valence-corrected chi connectivity index (χ4v) is 1.89. The Balaban J connectivity index is 1.55. The zero-order valence-corrected chi connectivity index (χ0v) is 10.0. The minimum Gasteiger partial charge on any atom is -0.466 e. The number of esters is 1. The molecule has 17 heavy (non-hydrogen) atoms. The summed E-state index contributed by atoms with van der Waals surface area (Å²) in [5, 5.41) is 3.15. The molecule has 1 N–H and O–H groups in total. The molecule has 3 nitrogen and oxygen atoms in total. The van der Waals surface area contributed by atoms with Crippen molar-refractivity contribution < 1.29 is 9.53 Å². The van der Waals surface area contributed by atoms with Gasteiger partial charge in [0.25, 0.3) is 0 Å². The summed E-state index contributed by atoms with van der Waals surface area (Å²) in [6.07, 6.45) is 2.44. The minimum atomic E-state index is -0.0513. The third-order valence-corrected chi connectivity index (χ3v) is 3.04. The van der Waals surface area contributed by atoms with E-state index in [1.807, 2.05) is 18.2 Å². The van der Waals surface area contributed by atoms with Gasteiger partial charge in [-0.25, -0.2) is 0 Å². The second-order valence-corrected chi connectivity index (χ2v) is 4.54. The van der Waals surface area contributed by atoms with E-state index >= 15 is 0 Å². The van der Waals surface area contributed by atoms with Gasteiger partial charge in [0.15, 0.2) is 0 Å². The van der Waals surface area contributed by atoms with Crippen LogP contribution < -0.4 is 5.32 Å². The molecule has 1 aliphatic heterocycles. The minimum absolute atomic E-state index is 0.0513. The molecule has 1 aromatic carbocycles. The summed E-state index contributed by atoms with van der Waals surface area (Å²) in [7, 11) is 0. The van der Waals surface area contributed by atoms with Crippen LogP contribution in [0.15, 0.2) is 30.3 Å². The Labute approximate surface area is 102 Å². The van der Waals surface area contributed by atoms with Gasteiger partial charge in [0.05, 0.1) is 13.0 Å². The Hall–Kier alpha value is -1.35. The lowest BCUT2D eigenvalue weighted by molar-refractivity contribution is -0.145. The summed E-state index contributed by atoms with van der Waals surface area (Å²) in [5.74, 6) is 0.446. The van der Waals surface area contributed by atoms with Crippen molar-refractivity contribution in [3.05, 3.63) is 35.9 Å². The first-order valence-corrected chi connectivity index (χ1v) is 6.25. The first-order chi connectivity index (χ1) is 8.34. The van der Waals surface area contributed by atoms with E-state index in [9.17, 15) is 4.79 Å². The van der Waals surface area contributed by atoms with E-state index in [4.69, 9.17) is 4.74 Å². The van der Waals surface area contributed by atoms with Gasteiger partial charge in [-0.1, -0.05) is 30.3 Å². The number of nitrogens with one attached hydrogen (secondary N) is 1. The molecular formula is C14H19NO2. The molecule has 1 aromatic rings. The van der Waals surface area contributed by atoms with E-state index in [-0.39, 0.29) is 5.97 Å². The van der Waals surface area contributed by atoms with Crippen LogP contribution in [0.1, 0.15) is 18.4 Å². The molecule has 1 aliphatic rings. The van der Waals surface area contributed by atoms with Gasteiger partial charge in [0.2, 0.25) is 0 Å². The van der Waals surface area contributed by atoms with Gasteiger partial charge < -0.3 is 10.1 Å². The van der Waals surface area contributed by atoms with Gasteiger partial charge in [0.1, 0.15) is 0 Å². The maximum Gasteiger partial charge on any atom is 0.306 e. The number of ether oxygens (including phenoxy) is 1. The van der Waals surface area contributed by atoms with E-state index in [1.54, 1.807) is 0 Å². The normalized spacial score (nSPS) is 15.3. The van der Waals surface area contributed by atoms with Crippen molar-refractivity contribution in [2.24, 2.45) is 5.92 Å². The third kappa shape index (κ3) is 4.19. The third-order valence-electron chi connectivity index (χ3n) is 3.04. The largest absolute Gasteiger partial charge is 0.466 e. The van der Waals surface area contributed by atoms with Crippen LogP contribution >= 0.6 is 0 Å². The van der Waals surface area contributed by atoms with Crippen LogP contribution in [0.4, 0.5) is 0 Å². The van der Waals surface area contributed by atoms with Gasteiger partial charge in [-0.3, -0.25) is 4.79 Å². The molecule has 1 fully saturated rings. The average Bonchev–Trinajstić information content (AvgIpc) is 2.31. The molecule has 2 rings (SSSR count). The average molecular weight is 233 g/mol. The van der Waals surface area contributed by atoms with Crippen molar-refractivity contribution in [1.82, 2.24) is 5.32 Å². The Kier molecular flexibility index (Phi) is 4.56. The van der Waals surface area contributed by atoms with Crippen molar-refractivity contribution in [3.63, 3.8) is 0 Å². The summed E-state index contributed by atoms with van der Waals surface area (Å²) in [6, 6.07) is 10.3. The molecule has 0 aliphatic carbocycles. The fraction of sp³-hybridized carbons (Fsp3) is 0.500. The Bertz CT molecular complexity index is 346. The monoisotopic (exact) mass is 233 g/mol. The summed E-state index contributed by atoms with van der Waals surface area (Å²) < 4.78 is 5.20. The second kappa shape index (κ2) is 6.40. The Morgan fingerprint density at radius 3 is 2.71 bits per heavy atom. The Morgan fingerprint density at radius 1 is 1.29 bits per heavy atom. The first kappa shape index (κ1) is 12.1. The van der Waals surface area contributed by atoms with Crippen molar-refractivity contribution in [2.75, 3.05) is 19.7 Å². The second-order valence-electron chi connectivity index (χ2n) is 4.54. The predicted octanol–water partition coefficient (Wildman–Crippen LogP) is 1.77. The van der Waals surface area contributed by atoms with Crippen LogP contribution in [-0.2, 0) is 16.0 Å². The molecule has 92 valence electrons. The van der Waals surface area contributed by atoms with Crippen LogP contribution in [0.5, 0.6) is 0 Å². The highest BCUT2D eigenvalue weighted by molar-refractivity contribution is 5.69. The van der Waals surface area contributed by atoms with Crippen LogP contribution in [0.3, 0.4) is 0 Å². The number of aryl methyl sites for hydroxylation is 1. The molecule has 1 saturated heterocycles. The number of rotatable bonds is 6. The van der Waals surface area contributed by atoms with E-state index in [0.29, 0.717) is 18.9 Å². The quantitative estimate of drug-likeness (QED) is 0.601. The summed E-state index contributed by atoms with van der Waals surface area (Å²) in [4.78, 5) is 11.4. The molecule has 0 aromatic heterocycles. The van der Waals surface area contributed by atoms with Crippen molar-refractivity contribution >= 4 is 5.97 Å². The molecule has 0 bridgehead atoms. The van der Waals surface area contributed by atoms with Gasteiger partial charge in [0, 0.05) is 0 Å². The zero-order valence-electron chi connectivity index (χ0n) is 10.0. The van der Waals surface area contributed by atoms with Gasteiger partial charge in [-0.05, 0) is 37.4 Å². The van der Waals surface area contributed by atoms with Crippen LogP contribution in [0, 0.1) is 5.92 Å². The maximum absolute atomic E-state index is 11.4. The number of hydrogen-bond acceptors (Lipinski definition) is 3. The number of hydrogen-bond donors (Lipinski definition) is 1. The highest BCUT2D eigenvalue weighted by atomic mass is 16.5. The molecule has 0 saturated carbocycles. The van der Waals surface area contributed by atoms with Gasteiger partial charge in [-0.15, -0.1) is 0 Å².